The van der Waals surface area contributed by atoms with E-state index in [1.54, 1.807) is 0 Å². The monoisotopic (exact) mass is 281 g/mol. The maximum atomic E-state index is 12.6. The third kappa shape index (κ3) is 2.20. The van der Waals surface area contributed by atoms with Gasteiger partial charge in [-0.1, -0.05) is 0 Å². The highest BCUT2D eigenvalue weighted by atomic mass is 16.5. The largest absolute Gasteiger partial charge is 0.381 e. The van der Waals surface area contributed by atoms with Gasteiger partial charge in [-0.05, 0) is 32.6 Å². The first kappa shape index (κ1) is 13.8. The van der Waals surface area contributed by atoms with Gasteiger partial charge in [0.1, 0.15) is 5.54 Å². The Morgan fingerprint density at radius 1 is 1.45 bits per heavy atom. The highest BCUT2D eigenvalue weighted by molar-refractivity contribution is 6.07. The number of urea groups is 1. The zero-order chi connectivity index (χ0) is 14.3. The second-order valence-corrected chi connectivity index (χ2v) is 6.50. The van der Waals surface area contributed by atoms with E-state index in [0.717, 1.165) is 32.7 Å². The van der Waals surface area contributed by atoms with Gasteiger partial charge >= 0.3 is 6.03 Å². The Morgan fingerprint density at radius 3 is 2.85 bits per heavy atom. The van der Waals surface area contributed by atoms with Crippen LogP contribution in [0, 0.1) is 5.92 Å². The van der Waals surface area contributed by atoms with Crippen LogP contribution in [0.3, 0.4) is 0 Å². The summed E-state index contributed by atoms with van der Waals surface area (Å²) in [5.41, 5.74) is -0.680. The standard InChI is InChI=1S/C14H23N3O3/c1-10(2)17-12(18)14(15-13(17)19)4-5-16(9-14)7-11-3-6-20-8-11/h10-11H,3-9H2,1-2H3,(H,15,19). The molecule has 2 unspecified atom stereocenters. The first-order chi connectivity index (χ1) is 9.52. The molecule has 0 aromatic carbocycles. The Labute approximate surface area is 119 Å². The average molecular weight is 281 g/mol. The normalized spacial score (nSPS) is 34.8. The summed E-state index contributed by atoms with van der Waals surface area (Å²) in [6, 6.07) is -0.324. The number of nitrogens with one attached hydrogen (secondary N) is 1. The molecule has 0 radical (unpaired) electrons. The van der Waals surface area contributed by atoms with Crippen LogP contribution in [0.1, 0.15) is 26.7 Å². The lowest BCUT2D eigenvalue weighted by molar-refractivity contribution is -0.132. The van der Waals surface area contributed by atoms with Gasteiger partial charge in [-0.2, -0.15) is 0 Å². The third-order valence-electron chi connectivity index (χ3n) is 4.60. The van der Waals surface area contributed by atoms with Crippen LogP contribution in [-0.4, -0.2) is 66.2 Å². The van der Waals surface area contributed by atoms with Crippen molar-refractivity contribution in [1.82, 2.24) is 15.1 Å². The van der Waals surface area contributed by atoms with Crippen LogP contribution in [0.2, 0.25) is 0 Å². The van der Waals surface area contributed by atoms with E-state index in [1.807, 2.05) is 13.8 Å². The lowest BCUT2D eigenvalue weighted by atomic mass is 9.98. The number of carbonyl (C=O) groups is 2. The van der Waals surface area contributed by atoms with Gasteiger partial charge in [0.25, 0.3) is 5.91 Å². The van der Waals surface area contributed by atoms with Crippen molar-refractivity contribution in [1.29, 1.82) is 0 Å². The van der Waals surface area contributed by atoms with E-state index in [0.29, 0.717) is 18.9 Å². The minimum atomic E-state index is -0.680. The molecule has 2 atom stereocenters. The predicted molar refractivity (Wildman–Crippen MR) is 73.2 cm³/mol. The van der Waals surface area contributed by atoms with Gasteiger partial charge in [0.15, 0.2) is 0 Å². The summed E-state index contributed by atoms with van der Waals surface area (Å²) in [7, 11) is 0. The van der Waals surface area contributed by atoms with Crippen LogP contribution < -0.4 is 5.32 Å². The number of amides is 3. The predicted octanol–water partition coefficient (Wildman–Crippen LogP) is 0.428. The van der Waals surface area contributed by atoms with Crippen LogP contribution in [0.25, 0.3) is 0 Å². The van der Waals surface area contributed by atoms with Gasteiger partial charge < -0.3 is 10.1 Å². The van der Waals surface area contributed by atoms with Crippen molar-refractivity contribution in [3.63, 3.8) is 0 Å². The van der Waals surface area contributed by atoms with Gasteiger partial charge in [-0.25, -0.2) is 4.79 Å². The fourth-order valence-electron chi connectivity index (χ4n) is 3.52. The molecule has 1 spiro atoms. The number of hydrogen-bond acceptors (Lipinski definition) is 4. The van der Waals surface area contributed by atoms with Crippen LogP contribution in [0.5, 0.6) is 0 Å². The van der Waals surface area contributed by atoms with E-state index in [9.17, 15) is 9.59 Å². The number of rotatable bonds is 3. The summed E-state index contributed by atoms with van der Waals surface area (Å²) >= 11 is 0. The fraction of sp³-hybridized carbons (Fsp3) is 0.857. The first-order valence-corrected chi connectivity index (χ1v) is 7.48. The highest BCUT2D eigenvalue weighted by Crippen LogP contribution is 2.30. The lowest BCUT2D eigenvalue weighted by Gasteiger charge is -2.24. The Bertz CT molecular complexity index is 420. The number of hydrogen-bond donors (Lipinski definition) is 1. The molecule has 3 amide bonds. The molecule has 1 N–H and O–H groups in total. The highest BCUT2D eigenvalue weighted by Gasteiger charge is 2.55. The maximum absolute atomic E-state index is 12.6. The topological polar surface area (TPSA) is 61.9 Å². The summed E-state index contributed by atoms with van der Waals surface area (Å²) in [5.74, 6) is 0.515. The summed E-state index contributed by atoms with van der Waals surface area (Å²) in [4.78, 5) is 28.2. The van der Waals surface area contributed by atoms with Gasteiger partial charge in [0.2, 0.25) is 0 Å². The van der Waals surface area contributed by atoms with E-state index in [-0.39, 0.29) is 18.0 Å². The quantitative estimate of drug-likeness (QED) is 0.762. The summed E-state index contributed by atoms with van der Waals surface area (Å²) in [6.07, 6.45) is 1.82. The number of likely N-dealkylation sites (tertiary alicyclic amines) is 1. The SMILES string of the molecule is CC(C)N1C(=O)NC2(CCN(CC3CCOC3)C2)C1=O. The minimum Gasteiger partial charge on any atom is -0.381 e. The zero-order valence-electron chi connectivity index (χ0n) is 12.2. The number of ether oxygens (including phenoxy) is 1. The molecule has 3 aliphatic rings. The smallest absolute Gasteiger partial charge is 0.325 e. The molecule has 0 aliphatic carbocycles. The summed E-state index contributed by atoms with van der Waals surface area (Å²) in [6.45, 7) is 7.89. The van der Waals surface area contributed by atoms with Crippen molar-refractivity contribution in [3.8, 4) is 0 Å². The van der Waals surface area contributed by atoms with Gasteiger partial charge in [-0.15, -0.1) is 0 Å². The Hall–Kier alpha value is -1.14. The summed E-state index contributed by atoms with van der Waals surface area (Å²) in [5, 5.41) is 2.93. The zero-order valence-corrected chi connectivity index (χ0v) is 12.2. The van der Waals surface area contributed by atoms with Crippen LogP contribution in [0.4, 0.5) is 4.79 Å². The lowest BCUT2D eigenvalue weighted by Crippen LogP contribution is -2.50. The first-order valence-electron chi connectivity index (χ1n) is 7.48. The number of imide groups is 1. The number of nitrogens with zero attached hydrogens (tertiary/aromatic N) is 2. The third-order valence-corrected chi connectivity index (χ3v) is 4.60. The Kier molecular flexibility index (Phi) is 3.46. The van der Waals surface area contributed by atoms with Crippen molar-refractivity contribution in [3.05, 3.63) is 0 Å². The van der Waals surface area contributed by atoms with E-state index in [1.165, 1.54) is 4.90 Å². The maximum Gasteiger partial charge on any atom is 0.325 e. The van der Waals surface area contributed by atoms with Gasteiger partial charge in [0.05, 0.1) is 6.61 Å². The van der Waals surface area contributed by atoms with Gasteiger partial charge in [-0.3, -0.25) is 14.6 Å². The second kappa shape index (κ2) is 5.00. The molecule has 6 nitrogen and oxygen atoms in total. The van der Waals surface area contributed by atoms with Crippen molar-refractivity contribution >= 4 is 11.9 Å². The van der Waals surface area contributed by atoms with E-state index in [2.05, 4.69) is 10.2 Å². The van der Waals surface area contributed by atoms with E-state index >= 15 is 0 Å². The molecular formula is C14H23N3O3. The van der Waals surface area contributed by atoms with Crippen LogP contribution >= 0.6 is 0 Å². The van der Waals surface area contributed by atoms with Crippen LogP contribution in [-0.2, 0) is 9.53 Å². The summed E-state index contributed by atoms with van der Waals surface area (Å²) < 4.78 is 5.40. The molecule has 3 rings (SSSR count). The fourth-order valence-corrected chi connectivity index (χ4v) is 3.52. The molecule has 20 heavy (non-hydrogen) atoms. The van der Waals surface area contributed by atoms with Crippen molar-refractivity contribution in [2.45, 2.75) is 38.3 Å². The van der Waals surface area contributed by atoms with E-state index < -0.39 is 5.54 Å². The molecule has 0 bridgehead atoms. The molecule has 112 valence electrons. The van der Waals surface area contributed by atoms with E-state index in [4.69, 9.17) is 4.74 Å². The van der Waals surface area contributed by atoms with Crippen molar-refractivity contribution in [2.24, 2.45) is 5.92 Å². The molecule has 3 aliphatic heterocycles. The van der Waals surface area contributed by atoms with Crippen molar-refractivity contribution in [2.75, 3.05) is 32.8 Å². The molecule has 0 aromatic rings. The Morgan fingerprint density at radius 2 is 2.25 bits per heavy atom. The molecule has 6 heteroatoms. The molecule has 0 aromatic heterocycles. The average Bonchev–Trinajstić information content (AvgIpc) is 3.04. The molecule has 3 fully saturated rings. The van der Waals surface area contributed by atoms with Crippen LogP contribution in [0.15, 0.2) is 0 Å². The Balaban J connectivity index is 1.66. The number of carbonyl (C=O) groups excluding carboxylic acids is 2. The minimum absolute atomic E-state index is 0.0531. The van der Waals surface area contributed by atoms with Crippen molar-refractivity contribution < 1.29 is 14.3 Å². The molecule has 3 saturated heterocycles. The van der Waals surface area contributed by atoms with Gasteiger partial charge in [0, 0.05) is 32.3 Å². The molecule has 3 heterocycles. The molecular weight excluding hydrogens is 258 g/mol. The second-order valence-electron chi connectivity index (χ2n) is 6.50. The molecule has 0 saturated carbocycles.